The van der Waals surface area contributed by atoms with Crippen LogP contribution in [0.2, 0.25) is 0 Å². The zero-order valence-corrected chi connectivity index (χ0v) is 25.1. The zero-order valence-electron chi connectivity index (χ0n) is 25.1. The number of carbonyl (C=O) groups is 2. The molecule has 0 unspecified atom stereocenters. The summed E-state index contributed by atoms with van der Waals surface area (Å²) in [5, 5.41) is 8.26. The second-order valence-corrected chi connectivity index (χ2v) is 10.8. The number of dihydropyridines is 1. The first kappa shape index (κ1) is 29.4. The van der Waals surface area contributed by atoms with Crippen LogP contribution in [-0.2, 0) is 32.3 Å². The van der Waals surface area contributed by atoms with Crippen molar-refractivity contribution in [2.45, 2.75) is 33.0 Å². The summed E-state index contributed by atoms with van der Waals surface area (Å²) in [4.78, 5) is 28.0. The summed E-state index contributed by atoms with van der Waals surface area (Å²) in [6, 6.07) is 38.5. The fourth-order valence-corrected chi connectivity index (χ4v) is 5.58. The number of nitrogens with zero attached hydrogens (tertiary/aromatic N) is 2. The van der Waals surface area contributed by atoms with Gasteiger partial charge in [0.2, 0.25) is 0 Å². The van der Waals surface area contributed by atoms with Gasteiger partial charge in [-0.05, 0) is 37.1 Å². The molecular weight excluding hydrogens is 562 g/mol. The van der Waals surface area contributed by atoms with Crippen molar-refractivity contribution in [3.8, 4) is 16.9 Å². The van der Waals surface area contributed by atoms with Crippen molar-refractivity contribution in [3.05, 3.63) is 167 Å². The van der Waals surface area contributed by atoms with Gasteiger partial charge < -0.3 is 14.8 Å². The lowest BCUT2D eigenvalue weighted by atomic mass is 9.79. The number of hydrogen-bond acceptors (Lipinski definition) is 6. The summed E-state index contributed by atoms with van der Waals surface area (Å²) in [6.07, 6.45) is 1.89. The third-order valence-corrected chi connectivity index (χ3v) is 7.75. The summed E-state index contributed by atoms with van der Waals surface area (Å²) in [5.74, 6) is -1.87. The predicted octanol–water partition coefficient (Wildman–Crippen LogP) is 7.26. The van der Waals surface area contributed by atoms with E-state index in [4.69, 9.17) is 14.6 Å². The van der Waals surface area contributed by atoms with Crippen molar-refractivity contribution >= 4 is 11.9 Å². The van der Waals surface area contributed by atoms with E-state index in [0.717, 1.165) is 22.4 Å². The highest BCUT2D eigenvalue weighted by atomic mass is 16.5. The molecule has 1 aromatic heterocycles. The molecule has 7 nitrogen and oxygen atoms in total. The van der Waals surface area contributed by atoms with Crippen molar-refractivity contribution in [2.24, 2.45) is 0 Å². The highest BCUT2D eigenvalue weighted by Gasteiger charge is 2.40. The lowest BCUT2D eigenvalue weighted by Gasteiger charge is -2.30. The molecule has 5 aromatic rings. The molecule has 1 aliphatic rings. The van der Waals surface area contributed by atoms with Gasteiger partial charge in [-0.25, -0.2) is 14.3 Å². The number of aromatic nitrogens is 2. The minimum absolute atomic E-state index is 0.0917. The van der Waals surface area contributed by atoms with Crippen LogP contribution in [0.4, 0.5) is 0 Å². The molecule has 4 aromatic carbocycles. The summed E-state index contributed by atoms with van der Waals surface area (Å²) < 4.78 is 13.5. The monoisotopic (exact) mass is 595 g/mol. The molecule has 0 saturated heterocycles. The number of rotatable bonds is 9. The topological polar surface area (TPSA) is 82.5 Å². The van der Waals surface area contributed by atoms with E-state index in [2.05, 4.69) is 5.32 Å². The van der Waals surface area contributed by atoms with Gasteiger partial charge in [0.15, 0.2) is 0 Å². The Kier molecular flexibility index (Phi) is 8.69. The van der Waals surface area contributed by atoms with Gasteiger partial charge in [-0.2, -0.15) is 5.10 Å². The average Bonchev–Trinajstić information content (AvgIpc) is 3.53. The van der Waals surface area contributed by atoms with Crippen LogP contribution in [0.15, 0.2) is 150 Å². The number of carbonyl (C=O) groups excluding carboxylic acids is 2. The number of esters is 2. The number of para-hydroxylation sites is 1. The fourth-order valence-electron chi connectivity index (χ4n) is 5.58. The summed E-state index contributed by atoms with van der Waals surface area (Å²) in [7, 11) is 0. The molecule has 0 amide bonds. The van der Waals surface area contributed by atoms with Crippen molar-refractivity contribution in [1.29, 1.82) is 0 Å². The second-order valence-electron chi connectivity index (χ2n) is 10.8. The molecule has 7 heteroatoms. The van der Waals surface area contributed by atoms with Crippen molar-refractivity contribution in [3.63, 3.8) is 0 Å². The van der Waals surface area contributed by atoms with E-state index in [1.807, 2.05) is 141 Å². The lowest BCUT2D eigenvalue weighted by Crippen LogP contribution is -2.32. The zero-order chi connectivity index (χ0) is 31.2. The molecule has 2 heterocycles. The maximum atomic E-state index is 14.0. The molecule has 0 saturated carbocycles. The van der Waals surface area contributed by atoms with Gasteiger partial charge in [0, 0.05) is 28.7 Å². The molecule has 1 aliphatic heterocycles. The molecule has 0 bridgehead atoms. The fraction of sp³-hybridized carbons (Fsp3) is 0.132. The van der Waals surface area contributed by atoms with Crippen LogP contribution in [0.5, 0.6) is 0 Å². The minimum atomic E-state index is -0.814. The molecule has 0 fully saturated rings. The van der Waals surface area contributed by atoms with Gasteiger partial charge in [-0.15, -0.1) is 0 Å². The smallest absolute Gasteiger partial charge is 0.337 e. The van der Waals surface area contributed by atoms with Crippen LogP contribution in [0.3, 0.4) is 0 Å². The maximum Gasteiger partial charge on any atom is 0.337 e. The Hall–Kier alpha value is -5.69. The molecule has 0 spiro atoms. The van der Waals surface area contributed by atoms with E-state index in [-0.39, 0.29) is 13.2 Å². The Morgan fingerprint density at radius 3 is 1.60 bits per heavy atom. The van der Waals surface area contributed by atoms with Crippen LogP contribution in [0, 0.1) is 0 Å². The van der Waals surface area contributed by atoms with Crippen LogP contribution >= 0.6 is 0 Å². The Bertz CT molecular complexity index is 1780. The summed E-state index contributed by atoms with van der Waals surface area (Å²) in [5.41, 5.74) is 6.60. The van der Waals surface area contributed by atoms with E-state index in [0.29, 0.717) is 33.8 Å². The van der Waals surface area contributed by atoms with Gasteiger partial charge in [0.25, 0.3) is 0 Å². The Balaban J connectivity index is 1.47. The van der Waals surface area contributed by atoms with Crippen LogP contribution in [-0.4, -0.2) is 21.7 Å². The Morgan fingerprint density at radius 1 is 0.667 bits per heavy atom. The highest BCUT2D eigenvalue weighted by Crippen LogP contribution is 2.43. The third kappa shape index (κ3) is 6.48. The van der Waals surface area contributed by atoms with E-state index in [9.17, 15) is 9.59 Å². The normalized spacial score (nSPS) is 13.4. The van der Waals surface area contributed by atoms with E-state index >= 15 is 0 Å². The molecule has 1 N–H and O–H groups in total. The first-order chi connectivity index (χ1) is 22.0. The lowest BCUT2D eigenvalue weighted by molar-refractivity contribution is -0.141. The molecule has 0 radical (unpaired) electrons. The standard InChI is InChI=1S/C38H33N3O4/c1-26-33(37(42)44-24-28-15-7-3-8-16-28)35(34(27(2)39-26)38(43)45-25-29-17-9-4-10-18-29)32-23-41(31-21-13-6-14-22-31)40-36(32)30-19-11-5-12-20-30/h3-23,35,39H,24-25H2,1-2H3. The quantitative estimate of drug-likeness (QED) is 0.181. The molecular formula is C38H33N3O4. The predicted molar refractivity (Wildman–Crippen MR) is 173 cm³/mol. The van der Waals surface area contributed by atoms with Crippen molar-refractivity contribution < 1.29 is 19.1 Å². The minimum Gasteiger partial charge on any atom is -0.457 e. The van der Waals surface area contributed by atoms with Crippen LogP contribution in [0.25, 0.3) is 16.9 Å². The average molecular weight is 596 g/mol. The summed E-state index contributed by atoms with van der Waals surface area (Å²) >= 11 is 0. The van der Waals surface area contributed by atoms with Crippen LogP contribution < -0.4 is 5.32 Å². The van der Waals surface area contributed by atoms with E-state index in [1.54, 1.807) is 4.68 Å². The number of benzene rings is 4. The van der Waals surface area contributed by atoms with Crippen molar-refractivity contribution in [2.75, 3.05) is 0 Å². The highest BCUT2D eigenvalue weighted by molar-refractivity contribution is 6.00. The molecule has 0 atom stereocenters. The van der Waals surface area contributed by atoms with Crippen LogP contribution in [0.1, 0.15) is 36.5 Å². The second kappa shape index (κ2) is 13.3. The molecule has 0 aliphatic carbocycles. The van der Waals surface area contributed by atoms with Gasteiger partial charge in [-0.3, -0.25) is 0 Å². The number of hydrogen-bond donors (Lipinski definition) is 1. The Labute approximate surface area is 262 Å². The third-order valence-electron chi connectivity index (χ3n) is 7.75. The molecule has 224 valence electrons. The number of nitrogens with one attached hydrogen (secondary N) is 1. The largest absolute Gasteiger partial charge is 0.457 e. The van der Waals surface area contributed by atoms with Gasteiger partial charge in [0.1, 0.15) is 13.2 Å². The molecule has 6 rings (SSSR count). The SMILES string of the molecule is CC1=C(C(=O)OCc2ccccc2)C(c2cn(-c3ccccc3)nc2-c2ccccc2)C(C(=O)OCc2ccccc2)=C(C)N1. The maximum absolute atomic E-state index is 14.0. The van der Waals surface area contributed by atoms with Gasteiger partial charge >= 0.3 is 11.9 Å². The first-order valence-corrected chi connectivity index (χ1v) is 14.8. The Morgan fingerprint density at radius 2 is 1.11 bits per heavy atom. The number of allylic oxidation sites excluding steroid dienone is 2. The van der Waals surface area contributed by atoms with Gasteiger partial charge in [0.05, 0.1) is 28.4 Å². The van der Waals surface area contributed by atoms with Crippen molar-refractivity contribution in [1.82, 2.24) is 15.1 Å². The first-order valence-electron chi connectivity index (χ1n) is 14.8. The van der Waals surface area contributed by atoms with Gasteiger partial charge in [-0.1, -0.05) is 109 Å². The number of ether oxygens (including phenoxy) is 2. The van der Waals surface area contributed by atoms with E-state index in [1.165, 1.54) is 0 Å². The summed E-state index contributed by atoms with van der Waals surface area (Å²) in [6.45, 7) is 3.83. The molecule has 45 heavy (non-hydrogen) atoms. The van der Waals surface area contributed by atoms with E-state index < -0.39 is 17.9 Å².